The van der Waals surface area contributed by atoms with Crippen molar-refractivity contribution in [3.05, 3.63) is 52.1 Å². The lowest BCUT2D eigenvalue weighted by atomic mass is 10.2. The predicted molar refractivity (Wildman–Crippen MR) is 115 cm³/mol. The van der Waals surface area contributed by atoms with Gasteiger partial charge in [-0.15, -0.1) is 0 Å². The molecule has 5 nitrogen and oxygen atoms in total. The molecule has 1 aromatic carbocycles. The van der Waals surface area contributed by atoms with E-state index in [0.717, 1.165) is 5.56 Å². The van der Waals surface area contributed by atoms with Crippen LogP contribution in [0, 0.1) is 0 Å². The third-order valence-electron chi connectivity index (χ3n) is 4.45. The Morgan fingerprint density at radius 2 is 2.00 bits per heavy atom. The van der Waals surface area contributed by atoms with Crippen molar-refractivity contribution in [1.29, 1.82) is 0 Å². The molecule has 9 heteroatoms. The van der Waals surface area contributed by atoms with Gasteiger partial charge in [-0.25, -0.2) is 0 Å². The first kappa shape index (κ1) is 19.0. The van der Waals surface area contributed by atoms with Gasteiger partial charge >= 0.3 is 0 Å². The van der Waals surface area contributed by atoms with E-state index in [9.17, 15) is 13.9 Å². The maximum Gasteiger partial charge on any atom is 0.266 e. The van der Waals surface area contributed by atoms with Crippen LogP contribution in [0.4, 0.5) is 0 Å². The first-order valence-corrected chi connectivity index (χ1v) is 11.7. The molecule has 142 valence electrons. The average Bonchev–Trinajstić information content (AvgIpc) is 3.28. The number of amides is 1. The lowest BCUT2D eigenvalue weighted by molar-refractivity contribution is -0.123. The van der Waals surface area contributed by atoms with Crippen molar-refractivity contribution in [3.8, 4) is 11.3 Å². The van der Waals surface area contributed by atoms with Crippen LogP contribution in [0.25, 0.3) is 17.4 Å². The first-order chi connectivity index (χ1) is 12.8. The Balaban J connectivity index is 1.54. The summed E-state index contributed by atoms with van der Waals surface area (Å²) < 4.78 is 25.9. The Labute approximate surface area is 172 Å². The van der Waals surface area contributed by atoms with Crippen molar-refractivity contribution in [2.75, 3.05) is 11.5 Å². The van der Waals surface area contributed by atoms with E-state index in [-0.39, 0.29) is 17.7 Å². The largest absolute Gasteiger partial charge is 0.457 e. The average molecular weight is 442 g/mol. The Hall–Kier alpha value is -1.29. The van der Waals surface area contributed by atoms with E-state index in [2.05, 4.69) is 0 Å². The van der Waals surface area contributed by atoms with Gasteiger partial charge in [-0.1, -0.05) is 35.6 Å². The van der Waals surface area contributed by atoms with Crippen LogP contribution in [0.1, 0.15) is 12.2 Å². The van der Waals surface area contributed by atoms with Gasteiger partial charge < -0.3 is 4.42 Å². The lowest BCUT2D eigenvalue weighted by Gasteiger charge is -2.28. The van der Waals surface area contributed by atoms with Crippen molar-refractivity contribution in [1.82, 2.24) is 4.90 Å². The van der Waals surface area contributed by atoms with Crippen LogP contribution in [0.2, 0.25) is 5.02 Å². The summed E-state index contributed by atoms with van der Waals surface area (Å²) in [5.41, 5.74) is 0.891. The summed E-state index contributed by atoms with van der Waals surface area (Å²) in [5.74, 6) is 1.52. The summed E-state index contributed by atoms with van der Waals surface area (Å²) in [5, 5.41) is 0.651. The molecular formula is C18H16ClNO4S3. The summed E-state index contributed by atoms with van der Waals surface area (Å²) in [6.45, 7) is 0. The molecule has 0 saturated carbocycles. The van der Waals surface area contributed by atoms with Gasteiger partial charge in [-0.2, -0.15) is 10.6 Å². The van der Waals surface area contributed by atoms with Crippen molar-refractivity contribution >= 4 is 62.5 Å². The van der Waals surface area contributed by atoms with Crippen LogP contribution in [0.3, 0.4) is 0 Å². The molecule has 27 heavy (non-hydrogen) atoms. The van der Waals surface area contributed by atoms with E-state index in [0.29, 0.717) is 37.9 Å². The molecule has 0 radical (unpaired) electrons. The quantitative estimate of drug-likeness (QED) is 0.495. The number of hydrogen-bond acceptors (Lipinski definition) is 6. The third-order valence-corrected chi connectivity index (χ3v) is 7.85. The van der Waals surface area contributed by atoms with E-state index in [1.165, 1.54) is 16.7 Å². The lowest BCUT2D eigenvalue weighted by Crippen LogP contribution is -2.39. The Kier molecular flexibility index (Phi) is 5.13. The highest BCUT2D eigenvalue weighted by Gasteiger charge is 2.42. The Morgan fingerprint density at radius 1 is 1.26 bits per heavy atom. The molecule has 4 rings (SSSR count). The second-order valence-electron chi connectivity index (χ2n) is 6.38. The standard InChI is InChI=1S/C18H16ClNO4S3/c19-12-3-1-11(2-4-12)15-6-5-14(24-15)9-16-17(21)20(18(25)26-16)13-7-8-27(22,23)10-13/h1-6,9,13,22-23H,7-8,10H2/b16-9+. The zero-order valence-electron chi connectivity index (χ0n) is 14.0. The van der Waals surface area contributed by atoms with Crippen LogP contribution in [0.5, 0.6) is 0 Å². The number of furan rings is 1. The molecule has 1 amide bonds. The van der Waals surface area contributed by atoms with Crippen molar-refractivity contribution in [2.24, 2.45) is 0 Å². The number of carbonyl (C=O) groups excluding carboxylic acids is 1. The van der Waals surface area contributed by atoms with Gasteiger partial charge in [0, 0.05) is 22.4 Å². The smallest absolute Gasteiger partial charge is 0.266 e. The molecule has 0 aliphatic carbocycles. The van der Waals surface area contributed by atoms with Crippen molar-refractivity contribution in [3.63, 3.8) is 0 Å². The number of benzene rings is 1. The summed E-state index contributed by atoms with van der Waals surface area (Å²) in [4.78, 5) is 14.8. The summed E-state index contributed by atoms with van der Waals surface area (Å²) >= 11 is 12.5. The molecule has 1 aromatic heterocycles. The molecule has 1 unspecified atom stereocenters. The fourth-order valence-corrected chi connectivity index (χ4v) is 6.38. The van der Waals surface area contributed by atoms with Gasteiger partial charge in [0.25, 0.3) is 5.91 Å². The number of thiocarbonyl (C=S) groups is 1. The van der Waals surface area contributed by atoms with Crippen LogP contribution < -0.4 is 0 Å². The van der Waals surface area contributed by atoms with Gasteiger partial charge in [0.2, 0.25) is 0 Å². The number of carbonyl (C=O) groups is 1. The summed E-state index contributed by atoms with van der Waals surface area (Å²) in [6, 6.07) is 10.7. The highest BCUT2D eigenvalue weighted by atomic mass is 35.5. The van der Waals surface area contributed by atoms with Crippen LogP contribution >= 0.6 is 46.2 Å². The Morgan fingerprint density at radius 3 is 2.67 bits per heavy atom. The first-order valence-electron chi connectivity index (χ1n) is 8.19. The molecule has 1 atom stereocenters. The highest BCUT2D eigenvalue weighted by molar-refractivity contribution is 8.27. The number of nitrogens with zero attached hydrogens (tertiary/aromatic N) is 1. The van der Waals surface area contributed by atoms with Crippen molar-refractivity contribution in [2.45, 2.75) is 12.5 Å². The molecular weight excluding hydrogens is 426 g/mol. The van der Waals surface area contributed by atoms with Crippen molar-refractivity contribution < 1.29 is 18.3 Å². The van der Waals surface area contributed by atoms with Crippen LogP contribution in [-0.2, 0) is 4.79 Å². The number of thioether (sulfide) groups is 1. The minimum absolute atomic E-state index is 0.189. The molecule has 2 N–H and O–H groups in total. The second kappa shape index (κ2) is 7.27. The molecule has 2 aromatic rings. The van der Waals surface area contributed by atoms with E-state index >= 15 is 0 Å². The van der Waals surface area contributed by atoms with E-state index < -0.39 is 10.6 Å². The monoisotopic (exact) mass is 441 g/mol. The Bertz CT molecular complexity index is 938. The molecule has 0 bridgehead atoms. The fraction of sp³-hybridized carbons (Fsp3) is 0.222. The van der Waals surface area contributed by atoms with E-state index in [4.69, 9.17) is 28.2 Å². The summed E-state index contributed by atoms with van der Waals surface area (Å²) in [7, 11) is -2.60. The van der Waals surface area contributed by atoms with Crippen LogP contribution in [0.15, 0.2) is 45.7 Å². The third kappa shape index (κ3) is 3.96. The van der Waals surface area contributed by atoms with Gasteiger partial charge in [0.15, 0.2) is 0 Å². The zero-order valence-corrected chi connectivity index (χ0v) is 17.2. The van der Waals surface area contributed by atoms with Gasteiger partial charge in [-0.05, 0) is 42.8 Å². The normalized spacial score (nSPS) is 24.8. The van der Waals surface area contributed by atoms with Gasteiger partial charge in [-0.3, -0.25) is 18.8 Å². The van der Waals surface area contributed by atoms with E-state index in [1.54, 1.807) is 24.3 Å². The fourth-order valence-electron chi connectivity index (χ4n) is 3.13. The van der Waals surface area contributed by atoms with Gasteiger partial charge in [0.1, 0.15) is 15.8 Å². The molecule has 2 aliphatic rings. The zero-order chi connectivity index (χ0) is 19.2. The number of rotatable bonds is 3. The molecule has 2 saturated heterocycles. The minimum Gasteiger partial charge on any atom is -0.457 e. The minimum atomic E-state index is -2.60. The molecule has 2 fully saturated rings. The molecule has 3 heterocycles. The predicted octanol–water partition coefficient (Wildman–Crippen LogP) is 5.32. The van der Waals surface area contributed by atoms with Gasteiger partial charge in [0.05, 0.1) is 16.7 Å². The SMILES string of the molecule is O=C1/C(=C\c2ccc(-c3ccc(Cl)cc3)o2)SC(=S)N1C1CCS(O)(O)C1. The maximum atomic E-state index is 12.8. The second-order valence-corrected chi connectivity index (χ2v) is 10.8. The van der Waals surface area contributed by atoms with Crippen LogP contribution in [-0.4, -0.2) is 41.8 Å². The highest BCUT2D eigenvalue weighted by Crippen LogP contribution is 2.49. The molecule has 2 aliphatic heterocycles. The van der Waals surface area contributed by atoms with E-state index in [1.807, 2.05) is 18.2 Å². The maximum absolute atomic E-state index is 12.8. The molecule has 0 spiro atoms. The number of halogens is 1. The number of hydrogen-bond donors (Lipinski definition) is 2. The summed E-state index contributed by atoms with van der Waals surface area (Å²) in [6.07, 6.45) is 2.22. The topological polar surface area (TPSA) is 73.9 Å².